The average molecular weight is 699 g/mol. The van der Waals surface area contributed by atoms with Crippen molar-refractivity contribution in [2.45, 2.75) is 51.5 Å². The second kappa shape index (κ2) is 13.6. The molecule has 1 amide bonds. The van der Waals surface area contributed by atoms with Crippen molar-refractivity contribution in [3.05, 3.63) is 102 Å². The molecule has 0 spiro atoms. The first-order valence-electron chi connectivity index (χ1n) is 15.1. The Morgan fingerprint density at radius 2 is 1.83 bits per heavy atom. The van der Waals surface area contributed by atoms with Crippen LogP contribution in [0.4, 0.5) is 14.5 Å². The van der Waals surface area contributed by atoms with E-state index in [9.17, 15) is 17.6 Å². The number of sulfonamides is 1. The molecule has 2 heterocycles. The first-order chi connectivity index (χ1) is 22.5. The first kappa shape index (κ1) is 34.9. The number of aromatic nitrogens is 2. The fraction of sp³-hybridized carbons (Fsp3) is 0.294. The van der Waals surface area contributed by atoms with Crippen molar-refractivity contribution in [3.63, 3.8) is 0 Å². The van der Waals surface area contributed by atoms with Gasteiger partial charge in [-0.3, -0.25) is 9.48 Å². The molecule has 0 radical (unpaired) electrons. The molecule has 4 N–H and O–H groups in total. The van der Waals surface area contributed by atoms with Crippen LogP contribution < -0.4 is 20.5 Å². The number of anilines is 1. The number of amides is 1. The minimum absolute atomic E-state index is 0.00121. The minimum atomic E-state index is -3.77. The molecule has 1 saturated heterocycles. The van der Waals surface area contributed by atoms with Gasteiger partial charge >= 0.3 is 0 Å². The number of alkyl halides is 1. The van der Waals surface area contributed by atoms with E-state index in [4.69, 9.17) is 22.1 Å². The SMILES string of the molecule is C=C(Nc1cccc(-c2ccccc2Cl)c1F)[C@@H]1C[C@@H](F)CN1C(=C)Cn1nc(C(N)=O)c2ccc(OCS(=O)(=O)NC(C)(C)C)cc21. The van der Waals surface area contributed by atoms with E-state index >= 15 is 4.39 Å². The number of hydrogen-bond acceptors (Lipinski definition) is 7. The van der Waals surface area contributed by atoms with Gasteiger partial charge in [0.1, 0.15) is 11.9 Å². The molecule has 1 aliphatic rings. The zero-order chi connectivity index (χ0) is 35.0. The van der Waals surface area contributed by atoms with Gasteiger partial charge in [0.05, 0.1) is 23.8 Å². The summed E-state index contributed by atoms with van der Waals surface area (Å²) < 4.78 is 65.1. The van der Waals surface area contributed by atoms with Crippen LogP contribution >= 0.6 is 11.6 Å². The van der Waals surface area contributed by atoms with Crippen molar-refractivity contribution in [1.29, 1.82) is 0 Å². The van der Waals surface area contributed by atoms with Crippen LogP contribution in [0.5, 0.6) is 5.75 Å². The number of likely N-dealkylation sites (tertiary alicyclic amines) is 1. The highest BCUT2D eigenvalue weighted by Crippen LogP contribution is 2.35. The third-order valence-electron chi connectivity index (χ3n) is 7.65. The molecule has 254 valence electrons. The molecule has 10 nitrogen and oxygen atoms in total. The van der Waals surface area contributed by atoms with E-state index in [2.05, 4.69) is 28.3 Å². The number of nitrogens with two attached hydrogens (primary N) is 1. The Balaban J connectivity index is 1.37. The van der Waals surface area contributed by atoms with Crippen LogP contribution in [0.15, 0.2) is 85.2 Å². The van der Waals surface area contributed by atoms with Gasteiger partial charge in [0.25, 0.3) is 5.91 Å². The predicted molar refractivity (Wildman–Crippen MR) is 184 cm³/mol. The van der Waals surface area contributed by atoms with E-state index < -0.39 is 45.4 Å². The van der Waals surface area contributed by atoms with E-state index in [0.29, 0.717) is 38.4 Å². The Morgan fingerprint density at radius 1 is 1.12 bits per heavy atom. The number of nitrogens with zero attached hydrogens (tertiary/aromatic N) is 3. The van der Waals surface area contributed by atoms with Gasteiger partial charge in [-0.25, -0.2) is 21.9 Å². The van der Waals surface area contributed by atoms with Crippen LogP contribution in [-0.2, 0) is 16.6 Å². The Kier molecular flexibility index (Phi) is 9.86. The lowest BCUT2D eigenvalue weighted by molar-refractivity contribution is 0.0996. The highest BCUT2D eigenvalue weighted by Gasteiger charge is 2.35. The molecule has 14 heteroatoms. The van der Waals surface area contributed by atoms with Gasteiger partial charge < -0.3 is 20.7 Å². The Bertz CT molecular complexity index is 2010. The molecule has 0 unspecified atom stereocenters. The minimum Gasteiger partial charge on any atom is -0.476 e. The van der Waals surface area contributed by atoms with Crippen molar-refractivity contribution in [2.24, 2.45) is 5.73 Å². The summed E-state index contributed by atoms with van der Waals surface area (Å²) in [5.74, 6) is -1.72. The highest BCUT2D eigenvalue weighted by atomic mass is 35.5. The molecule has 1 aliphatic heterocycles. The molecule has 0 bridgehead atoms. The van der Waals surface area contributed by atoms with Gasteiger partial charge in [0.15, 0.2) is 11.5 Å². The average Bonchev–Trinajstić information content (AvgIpc) is 3.57. The monoisotopic (exact) mass is 698 g/mol. The van der Waals surface area contributed by atoms with Crippen LogP contribution in [0.25, 0.3) is 22.0 Å². The molecule has 0 saturated carbocycles. The van der Waals surface area contributed by atoms with Crippen molar-refractivity contribution in [1.82, 2.24) is 19.4 Å². The van der Waals surface area contributed by atoms with E-state index in [1.807, 2.05) is 0 Å². The van der Waals surface area contributed by atoms with Crippen LogP contribution in [-0.4, -0.2) is 59.2 Å². The van der Waals surface area contributed by atoms with Gasteiger partial charge in [-0.2, -0.15) is 5.10 Å². The lowest BCUT2D eigenvalue weighted by Crippen LogP contribution is -2.42. The van der Waals surface area contributed by atoms with Gasteiger partial charge in [-0.1, -0.05) is 55.1 Å². The summed E-state index contributed by atoms with van der Waals surface area (Å²) in [7, 11) is -3.77. The van der Waals surface area contributed by atoms with E-state index in [0.717, 1.165) is 0 Å². The summed E-state index contributed by atoms with van der Waals surface area (Å²) in [4.78, 5) is 14.0. The zero-order valence-electron chi connectivity index (χ0n) is 26.8. The third kappa shape index (κ3) is 7.80. The Labute approximate surface area is 283 Å². The number of nitrogens with one attached hydrogen (secondary N) is 2. The van der Waals surface area contributed by atoms with Crippen molar-refractivity contribution >= 4 is 44.1 Å². The fourth-order valence-electron chi connectivity index (χ4n) is 5.69. The molecule has 5 rings (SSSR count). The molecule has 0 aliphatic carbocycles. The molecular formula is C34H37ClF2N6O4S. The summed E-state index contributed by atoms with van der Waals surface area (Å²) in [5, 5.41) is 8.24. The van der Waals surface area contributed by atoms with E-state index in [1.54, 1.807) is 80.3 Å². The molecule has 48 heavy (non-hydrogen) atoms. The molecule has 2 atom stereocenters. The number of benzene rings is 3. The lowest BCUT2D eigenvalue weighted by atomic mass is 10.0. The second-order valence-electron chi connectivity index (χ2n) is 12.6. The molecule has 3 aromatic carbocycles. The summed E-state index contributed by atoms with van der Waals surface area (Å²) in [6.07, 6.45) is -1.14. The topological polar surface area (TPSA) is 132 Å². The van der Waals surface area contributed by atoms with Crippen molar-refractivity contribution in [3.8, 4) is 16.9 Å². The third-order valence-corrected chi connectivity index (χ3v) is 9.33. The largest absolute Gasteiger partial charge is 0.476 e. The maximum atomic E-state index is 15.7. The van der Waals surface area contributed by atoms with Crippen molar-refractivity contribution < 1.29 is 26.7 Å². The summed E-state index contributed by atoms with van der Waals surface area (Å²) in [6, 6.07) is 15.8. The zero-order valence-corrected chi connectivity index (χ0v) is 28.3. The number of carbonyl (C=O) groups is 1. The van der Waals surface area contributed by atoms with Crippen molar-refractivity contribution in [2.75, 3.05) is 17.8 Å². The van der Waals surface area contributed by atoms with Gasteiger partial charge in [-0.15, -0.1) is 0 Å². The Morgan fingerprint density at radius 3 is 2.52 bits per heavy atom. The van der Waals surface area contributed by atoms with Crippen LogP contribution in [0.2, 0.25) is 5.02 Å². The predicted octanol–water partition coefficient (Wildman–Crippen LogP) is 6.20. The van der Waals surface area contributed by atoms with Crippen LogP contribution in [0.1, 0.15) is 37.7 Å². The van der Waals surface area contributed by atoms with Crippen LogP contribution in [0, 0.1) is 5.82 Å². The number of fused-ring (bicyclic) bond motifs is 1. The Hall–Kier alpha value is -4.46. The smallest absolute Gasteiger partial charge is 0.269 e. The van der Waals surface area contributed by atoms with E-state index in [-0.39, 0.29) is 36.6 Å². The fourth-order valence-corrected chi connectivity index (χ4v) is 7.21. The number of carbonyl (C=O) groups excluding carboxylic acids is 1. The molecule has 1 aromatic heterocycles. The van der Waals surface area contributed by atoms with Gasteiger partial charge in [-0.05, 0) is 45.0 Å². The standard InChI is InChI=1S/C34H37ClF2N6O4S/c1-20(17-43-30-16-23(13-14-26(30)32(40-43)33(38)44)47-19-48(45,46)41-34(3,4)5)42-18-22(36)15-29(42)21(2)39-28-12-8-10-25(31(28)37)24-9-6-7-11-27(24)35/h6-14,16,22,29,39,41H,1-2,15,17-19H2,3-5H3,(H2,38,44)/t22-,29+/m1/s1. The highest BCUT2D eigenvalue weighted by molar-refractivity contribution is 7.89. The van der Waals surface area contributed by atoms with E-state index in [1.165, 1.54) is 10.7 Å². The normalized spacial score (nSPS) is 16.7. The summed E-state index contributed by atoms with van der Waals surface area (Å²) in [6.45, 7) is 13.5. The van der Waals surface area contributed by atoms with Gasteiger partial charge in [0.2, 0.25) is 16.0 Å². The maximum Gasteiger partial charge on any atom is 0.269 e. The summed E-state index contributed by atoms with van der Waals surface area (Å²) in [5.41, 5.74) is 7.12. The number of allylic oxidation sites excluding steroid dienone is 1. The maximum absolute atomic E-state index is 15.7. The van der Waals surface area contributed by atoms with Crippen LogP contribution in [0.3, 0.4) is 0 Å². The molecule has 1 fully saturated rings. The number of halogens is 3. The lowest BCUT2D eigenvalue weighted by Gasteiger charge is -2.30. The number of rotatable bonds is 12. The van der Waals surface area contributed by atoms with Gasteiger partial charge in [0, 0.05) is 57.5 Å². The first-order valence-corrected chi connectivity index (χ1v) is 17.1. The molecule has 4 aromatic rings. The number of primary amides is 1. The quantitative estimate of drug-likeness (QED) is 0.161. The number of ether oxygens (including phenoxy) is 1. The second-order valence-corrected chi connectivity index (χ2v) is 14.7. The summed E-state index contributed by atoms with van der Waals surface area (Å²) >= 11 is 6.32. The molecular weight excluding hydrogens is 662 g/mol. The number of hydrogen-bond donors (Lipinski definition) is 3.